The Bertz CT molecular complexity index is 570. The van der Waals surface area contributed by atoms with E-state index in [0.717, 1.165) is 10.4 Å². The molecule has 0 spiro atoms. The Morgan fingerprint density at radius 3 is 2.28 bits per heavy atom. The summed E-state index contributed by atoms with van der Waals surface area (Å²) in [5.74, 6) is -1.86. The van der Waals surface area contributed by atoms with Gasteiger partial charge in [-0.05, 0) is 38.0 Å². The van der Waals surface area contributed by atoms with Crippen LogP contribution >= 0.6 is 11.3 Å². The molecule has 18 heavy (non-hydrogen) atoms. The van der Waals surface area contributed by atoms with Crippen molar-refractivity contribution >= 4 is 11.3 Å². The summed E-state index contributed by atoms with van der Waals surface area (Å²) >= 11 is 1.40. The molecule has 1 atom stereocenters. The molecule has 0 saturated heterocycles. The molecule has 1 unspecified atom stereocenters. The van der Waals surface area contributed by atoms with E-state index < -0.39 is 17.7 Å². The molecular formula is C14H14F2OS. The molecule has 0 fully saturated rings. The van der Waals surface area contributed by atoms with Gasteiger partial charge in [0.2, 0.25) is 0 Å². The van der Waals surface area contributed by atoms with Crippen LogP contribution in [0.2, 0.25) is 0 Å². The van der Waals surface area contributed by atoms with E-state index >= 15 is 0 Å². The van der Waals surface area contributed by atoms with Crippen molar-refractivity contribution in [2.75, 3.05) is 0 Å². The normalized spacial score (nSPS) is 12.8. The van der Waals surface area contributed by atoms with Gasteiger partial charge in [0.15, 0.2) is 11.6 Å². The molecular weight excluding hydrogens is 254 g/mol. The van der Waals surface area contributed by atoms with Crippen LogP contribution in [0, 0.1) is 32.4 Å². The first-order valence-electron chi connectivity index (χ1n) is 5.61. The molecule has 0 aliphatic heterocycles. The SMILES string of the molecule is Cc1cc(C(O)c2ccc(C)c(F)c2F)sc1C. The smallest absolute Gasteiger partial charge is 0.165 e. The molecule has 0 bridgehead atoms. The molecule has 0 amide bonds. The predicted molar refractivity (Wildman–Crippen MR) is 68.9 cm³/mol. The van der Waals surface area contributed by atoms with Gasteiger partial charge in [-0.25, -0.2) is 8.78 Å². The first kappa shape index (κ1) is 13.2. The third-order valence-corrected chi connectivity index (χ3v) is 4.26. The van der Waals surface area contributed by atoms with Gasteiger partial charge >= 0.3 is 0 Å². The van der Waals surface area contributed by atoms with Crippen LogP contribution in [0.1, 0.15) is 32.5 Å². The van der Waals surface area contributed by atoms with E-state index in [4.69, 9.17) is 0 Å². The van der Waals surface area contributed by atoms with E-state index in [0.29, 0.717) is 4.88 Å². The summed E-state index contributed by atoms with van der Waals surface area (Å²) in [6.07, 6.45) is -1.11. The van der Waals surface area contributed by atoms with Gasteiger partial charge in [0.25, 0.3) is 0 Å². The number of hydrogen-bond acceptors (Lipinski definition) is 2. The van der Waals surface area contributed by atoms with Crippen LogP contribution in [0.5, 0.6) is 0 Å². The Morgan fingerprint density at radius 2 is 1.72 bits per heavy atom. The van der Waals surface area contributed by atoms with Crippen molar-refractivity contribution in [3.8, 4) is 0 Å². The Kier molecular flexibility index (Phi) is 3.50. The summed E-state index contributed by atoms with van der Waals surface area (Å²) in [5, 5.41) is 10.1. The largest absolute Gasteiger partial charge is 0.383 e. The molecule has 0 aliphatic rings. The number of aliphatic hydroxyl groups is 1. The summed E-state index contributed by atoms with van der Waals surface area (Å²) in [4.78, 5) is 1.70. The first-order valence-corrected chi connectivity index (χ1v) is 6.43. The van der Waals surface area contributed by atoms with E-state index in [1.165, 1.54) is 30.4 Å². The van der Waals surface area contributed by atoms with Crippen molar-refractivity contribution < 1.29 is 13.9 Å². The quantitative estimate of drug-likeness (QED) is 0.871. The first-order chi connectivity index (χ1) is 8.41. The van der Waals surface area contributed by atoms with Crippen LogP contribution in [0.4, 0.5) is 8.78 Å². The van der Waals surface area contributed by atoms with E-state index in [1.54, 1.807) is 0 Å². The van der Waals surface area contributed by atoms with Gasteiger partial charge in [-0.1, -0.05) is 12.1 Å². The minimum Gasteiger partial charge on any atom is -0.383 e. The second-order valence-electron chi connectivity index (χ2n) is 4.39. The van der Waals surface area contributed by atoms with Gasteiger partial charge in [-0.2, -0.15) is 0 Å². The topological polar surface area (TPSA) is 20.2 Å². The van der Waals surface area contributed by atoms with Gasteiger partial charge in [0, 0.05) is 15.3 Å². The second-order valence-corrected chi connectivity index (χ2v) is 5.68. The van der Waals surface area contributed by atoms with E-state index in [9.17, 15) is 13.9 Å². The second kappa shape index (κ2) is 4.78. The van der Waals surface area contributed by atoms with Gasteiger partial charge in [0.05, 0.1) is 0 Å². The van der Waals surface area contributed by atoms with E-state index in [1.807, 2.05) is 19.9 Å². The van der Waals surface area contributed by atoms with Gasteiger partial charge in [0.1, 0.15) is 6.10 Å². The van der Waals surface area contributed by atoms with Crippen LogP contribution in [0.3, 0.4) is 0 Å². The lowest BCUT2D eigenvalue weighted by Crippen LogP contribution is -2.03. The highest BCUT2D eigenvalue weighted by atomic mass is 32.1. The number of aryl methyl sites for hydroxylation is 3. The maximum atomic E-state index is 13.8. The van der Waals surface area contributed by atoms with Crippen molar-refractivity contribution in [2.45, 2.75) is 26.9 Å². The standard InChI is InChI=1S/C14H14F2OS/c1-7-4-5-10(13(16)12(7)15)14(17)11-6-8(2)9(3)18-11/h4-6,14,17H,1-3H3. The molecule has 1 N–H and O–H groups in total. The molecule has 1 aromatic heterocycles. The number of aliphatic hydroxyl groups excluding tert-OH is 1. The minimum atomic E-state index is -1.11. The molecule has 96 valence electrons. The van der Waals surface area contributed by atoms with Crippen molar-refractivity contribution in [3.05, 3.63) is 56.3 Å². The molecule has 1 heterocycles. The average molecular weight is 268 g/mol. The van der Waals surface area contributed by atoms with Crippen molar-refractivity contribution in [1.29, 1.82) is 0 Å². The van der Waals surface area contributed by atoms with Crippen LogP contribution < -0.4 is 0 Å². The molecule has 1 aromatic carbocycles. The van der Waals surface area contributed by atoms with Crippen LogP contribution in [0.15, 0.2) is 18.2 Å². The Labute approximate surface area is 109 Å². The zero-order valence-electron chi connectivity index (χ0n) is 10.4. The third-order valence-electron chi connectivity index (χ3n) is 3.05. The molecule has 1 nitrogen and oxygen atoms in total. The van der Waals surface area contributed by atoms with Gasteiger partial charge < -0.3 is 5.11 Å². The molecule has 0 saturated carbocycles. The van der Waals surface area contributed by atoms with E-state index in [-0.39, 0.29) is 11.1 Å². The highest BCUT2D eigenvalue weighted by Gasteiger charge is 2.20. The number of hydrogen-bond donors (Lipinski definition) is 1. The lowest BCUT2D eigenvalue weighted by atomic mass is 10.0. The fourth-order valence-electron chi connectivity index (χ4n) is 1.76. The maximum absolute atomic E-state index is 13.8. The summed E-state index contributed by atoms with van der Waals surface area (Å²) in [6.45, 7) is 5.35. The molecule has 2 aromatic rings. The lowest BCUT2D eigenvalue weighted by Gasteiger charge is -2.11. The molecule has 4 heteroatoms. The Hall–Kier alpha value is -1.26. The van der Waals surface area contributed by atoms with Crippen molar-refractivity contribution in [2.24, 2.45) is 0 Å². The van der Waals surface area contributed by atoms with Gasteiger partial charge in [-0.3, -0.25) is 0 Å². The maximum Gasteiger partial charge on any atom is 0.165 e. The van der Waals surface area contributed by atoms with Crippen molar-refractivity contribution in [3.63, 3.8) is 0 Å². The number of thiophene rings is 1. The molecule has 0 aliphatic carbocycles. The van der Waals surface area contributed by atoms with Crippen LogP contribution in [-0.4, -0.2) is 5.11 Å². The summed E-state index contributed by atoms with van der Waals surface area (Å²) in [6, 6.07) is 4.72. The zero-order chi connectivity index (χ0) is 13.4. The highest BCUT2D eigenvalue weighted by Crippen LogP contribution is 2.32. The zero-order valence-corrected chi connectivity index (χ0v) is 11.2. The monoisotopic (exact) mass is 268 g/mol. The number of rotatable bonds is 2. The highest BCUT2D eigenvalue weighted by molar-refractivity contribution is 7.12. The third kappa shape index (κ3) is 2.18. The predicted octanol–water partition coefficient (Wildman–Crippen LogP) is 4.03. The van der Waals surface area contributed by atoms with Crippen molar-refractivity contribution in [1.82, 2.24) is 0 Å². The minimum absolute atomic E-state index is 0.0145. The van der Waals surface area contributed by atoms with Gasteiger partial charge in [-0.15, -0.1) is 11.3 Å². The van der Waals surface area contributed by atoms with E-state index in [2.05, 4.69) is 0 Å². The fourth-order valence-corrected chi connectivity index (χ4v) is 2.81. The Morgan fingerprint density at radius 1 is 1.06 bits per heavy atom. The lowest BCUT2D eigenvalue weighted by molar-refractivity contribution is 0.217. The Balaban J connectivity index is 2.46. The van der Waals surface area contributed by atoms with Crippen LogP contribution in [0.25, 0.3) is 0 Å². The molecule has 2 rings (SSSR count). The molecule has 0 radical (unpaired) electrons. The number of halogens is 2. The summed E-state index contributed by atoms with van der Waals surface area (Å²) in [7, 11) is 0. The summed E-state index contributed by atoms with van der Waals surface area (Å²) < 4.78 is 27.2. The average Bonchev–Trinajstić information content (AvgIpc) is 2.66. The number of benzene rings is 1. The van der Waals surface area contributed by atoms with Crippen LogP contribution in [-0.2, 0) is 0 Å². The fraction of sp³-hybridized carbons (Fsp3) is 0.286. The summed E-state index contributed by atoms with van der Waals surface area (Å²) in [5.41, 5.74) is 1.27.